The first-order valence-corrected chi connectivity index (χ1v) is 8.38. The molecule has 3 heteroatoms. The number of hydrogen-bond acceptors (Lipinski definition) is 3. The zero-order valence-corrected chi connectivity index (χ0v) is 14.1. The van der Waals surface area contributed by atoms with Gasteiger partial charge in [0.05, 0.1) is 6.61 Å². The molecule has 0 amide bonds. The Morgan fingerprint density at radius 1 is 1.20 bits per heavy atom. The van der Waals surface area contributed by atoms with Gasteiger partial charge in [0, 0.05) is 4.91 Å². The Morgan fingerprint density at radius 3 is 2.55 bits per heavy atom. The summed E-state index contributed by atoms with van der Waals surface area (Å²) in [5.74, 6) is 1.49. The molecule has 0 heterocycles. The average Bonchev–Trinajstić information content (AvgIpc) is 2.49. The molecular formula is C17H24OS2. The van der Waals surface area contributed by atoms with E-state index in [9.17, 15) is 0 Å². The molecule has 2 rings (SSSR count). The second kappa shape index (κ2) is 7.46. The molecule has 1 aliphatic rings. The molecule has 0 aromatic heterocycles. The van der Waals surface area contributed by atoms with E-state index < -0.39 is 0 Å². The quantitative estimate of drug-likeness (QED) is 0.698. The number of allylic oxidation sites excluding steroid dienone is 1. The van der Waals surface area contributed by atoms with Crippen LogP contribution in [0.15, 0.2) is 23.1 Å². The molecule has 110 valence electrons. The van der Waals surface area contributed by atoms with Crippen LogP contribution in [0.1, 0.15) is 50.2 Å². The molecule has 1 fully saturated rings. The Kier molecular flexibility index (Phi) is 5.91. The predicted molar refractivity (Wildman–Crippen MR) is 93.8 cm³/mol. The predicted octanol–water partition coefficient (Wildman–Crippen LogP) is 5.50. The highest BCUT2D eigenvalue weighted by atomic mass is 32.1. The Hall–Kier alpha value is -0.540. The third-order valence-corrected chi connectivity index (χ3v) is 5.26. The SMILES string of the molecule is CCOc1ccc(C)c(C(S)=C(S)C2CCCCC2)c1. The van der Waals surface area contributed by atoms with Gasteiger partial charge in [0.15, 0.2) is 0 Å². The van der Waals surface area contributed by atoms with E-state index in [4.69, 9.17) is 30.0 Å². The van der Waals surface area contributed by atoms with Crippen molar-refractivity contribution in [1.29, 1.82) is 0 Å². The molecular weight excluding hydrogens is 284 g/mol. The number of rotatable bonds is 4. The van der Waals surface area contributed by atoms with Gasteiger partial charge in [0.25, 0.3) is 0 Å². The van der Waals surface area contributed by atoms with E-state index in [0.29, 0.717) is 12.5 Å². The van der Waals surface area contributed by atoms with Crippen molar-refractivity contribution in [3.63, 3.8) is 0 Å². The fourth-order valence-electron chi connectivity index (χ4n) is 2.82. The molecule has 1 saturated carbocycles. The standard InChI is InChI=1S/C17H24OS2/c1-3-18-14-10-9-12(2)15(11-14)17(20)16(19)13-7-5-4-6-8-13/h9-11,13,19-20H,3-8H2,1-2H3. The van der Waals surface area contributed by atoms with Crippen LogP contribution in [0, 0.1) is 12.8 Å². The summed E-state index contributed by atoms with van der Waals surface area (Å²) in [7, 11) is 0. The molecule has 0 aliphatic heterocycles. The van der Waals surface area contributed by atoms with E-state index in [1.54, 1.807) is 0 Å². The first-order valence-electron chi connectivity index (χ1n) is 7.49. The van der Waals surface area contributed by atoms with Gasteiger partial charge in [-0.3, -0.25) is 0 Å². The minimum atomic E-state index is 0.578. The highest BCUT2D eigenvalue weighted by Crippen LogP contribution is 2.39. The largest absolute Gasteiger partial charge is 0.494 e. The Balaban J connectivity index is 2.30. The lowest BCUT2D eigenvalue weighted by molar-refractivity contribution is 0.340. The summed E-state index contributed by atoms with van der Waals surface area (Å²) in [6.45, 7) is 4.80. The molecule has 1 nitrogen and oxygen atoms in total. The molecule has 1 aromatic carbocycles. The Bertz CT molecular complexity index is 488. The number of ether oxygens (including phenoxy) is 1. The minimum Gasteiger partial charge on any atom is -0.494 e. The maximum atomic E-state index is 5.60. The van der Waals surface area contributed by atoms with Crippen molar-refractivity contribution in [1.82, 2.24) is 0 Å². The molecule has 0 saturated heterocycles. The molecule has 0 unspecified atom stereocenters. The van der Waals surface area contributed by atoms with E-state index in [1.165, 1.54) is 37.7 Å². The third kappa shape index (κ3) is 3.76. The molecule has 0 spiro atoms. The summed E-state index contributed by atoms with van der Waals surface area (Å²) in [6.07, 6.45) is 6.47. The van der Waals surface area contributed by atoms with Gasteiger partial charge in [-0.15, -0.1) is 25.3 Å². The van der Waals surface area contributed by atoms with Crippen LogP contribution in [0.2, 0.25) is 0 Å². The molecule has 0 radical (unpaired) electrons. The van der Waals surface area contributed by atoms with Crippen LogP contribution >= 0.6 is 25.3 Å². The topological polar surface area (TPSA) is 9.23 Å². The lowest BCUT2D eigenvalue weighted by atomic mass is 9.88. The molecule has 20 heavy (non-hydrogen) atoms. The average molecular weight is 309 g/mol. The lowest BCUT2D eigenvalue weighted by Crippen LogP contribution is -2.07. The zero-order valence-electron chi connectivity index (χ0n) is 12.4. The number of aryl methyl sites for hydroxylation is 1. The van der Waals surface area contributed by atoms with Gasteiger partial charge < -0.3 is 4.74 Å². The van der Waals surface area contributed by atoms with Crippen molar-refractivity contribution >= 4 is 30.2 Å². The van der Waals surface area contributed by atoms with Crippen LogP contribution in [-0.2, 0) is 0 Å². The van der Waals surface area contributed by atoms with Crippen molar-refractivity contribution in [3.8, 4) is 5.75 Å². The van der Waals surface area contributed by atoms with Crippen molar-refractivity contribution in [2.75, 3.05) is 6.61 Å². The summed E-state index contributed by atoms with van der Waals surface area (Å²) in [5.41, 5.74) is 2.37. The third-order valence-electron chi connectivity index (χ3n) is 4.01. The first kappa shape index (κ1) is 15.8. The molecule has 0 bridgehead atoms. The van der Waals surface area contributed by atoms with Crippen molar-refractivity contribution in [2.24, 2.45) is 5.92 Å². The van der Waals surface area contributed by atoms with Crippen LogP contribution in [-0.4, -0.2) is 6.61 Å². The van der Waals surface area contributed by atoms with E-state index >= 15 is 0 Å². The summed E-state index contributed by atoms with van der Waals surface area (Å²) >= 11 is 9.53. The fourth-order valence-corrected chi connectivity index (χ4v) is 3.62. The smallest absolute Gasteiger partial charge is 0.119 e. The molecule has 1 aromatic rings. The fraction of sp³-hybridized carbons (Fsp3) is 0.529. The van der Waals surface area contributed by atoms with Gasteiger partial charge in [-0.25, -0.2) is 0 Å². The number of hydrogen-bond donors (Lipinski definition) is 2. The maximum absolute atomic E-state index is 5.60. The number of benzene rings is 1. The normalized spacial score (nSPS) is 17.8. The molecule has 0 atom stereocenters. The van der Waals surface area contributed by atoms with Gasteiger partial charge in [-0.2, -0.15) is 0 Å². The van der Waals surface area contributed by atoms with Crippen LogP contribution in [0.3, 0.4) is 0 Å². The first-order chi connectivity index (χ1) is 9.63. The minimum absolute atomic E-state index is 0.578. The number of thiol groups is 2. The van der Waals surface area contributed by atoms with Gasteiger partial charge in [0.1, 0.15) is 5.75 Å². The lowest BCUT2D eigenvalue weighted by Gasteiger charge is -2.23. The van der Waals surface area contributed by atoms with E-state index in [0.717, 1.165) is 21.1 Å². The van der Waals surface area contributed by atoms with Crippen molar-refractivity contribution in [2.45, 2.75) is 46.0 Å². The molecule has 0 N–H and O–H groups in total. The Morgan fingerprint density at radius 2 is 1.90 bits per heavy atom. The summed E-state index contributed by atoms with van der Waals surface area (Å²) < 4.78 is 5.60. The van der Waals surface area contributed by atoms with Crippen molar-refractivity contribution < 1.29 is 4.74 Å². The Labute approximate surface area is 133 Å². The summed E-state index contributed by atoms with van der Waals surface area (Å²) in [6, 6.07) is 6.20. The summed E-state index contributed by atoms with van der Waals surface area (Å²) in [5, 5.41) is 0. The second-order valence-corrected chi connectivity index (χ2v) is 6.41. The van der Waals surface area contributed by atoms with Crippen LogP contribution in [0.4, 0.5) is 0 Å². The van der Waals surface area contributed by atoms with E-state index in [2.05, 4.69) is 19.1 Å². The summed E-state index contributed by atoms with van der Waals surface area (Å²) in [4.78, 5) is 2.16. The van der Waals surface area contributed by atoms with Crippen LogP contribution in [0.5, 0.6) is 5.75 Å². The monoisotopic (exact) mass is 308 g/mol. The van der Waals surface area contributed by atoms with Gasteiger partial charge in [-0.05, 0) is 60.8 Å². The zero-order chi connectivity index (χ0) is 14.5. The van der Waals surface area contributed by atoms with Crippen LogP contribution in [0.25, 0.3) is 4.91 Å². The van der Waals surface area contributed by atoms with Gasteiger partial charge >= 0.3 is 0 Å². The van der Waals surface area contributed by atoms with E-state index in [1.807, 2.05) is 13.0 Å². The maximum Gasteiger partial charge on any atom is 0.119 e. The highest BCUT2D eigenvalue weighted by molar-refractivity contribution is 7.93. The van der Waals surface area contributed by atoms with Crippen LogP contribution < -0.4 is 4.74 Å². The van der Waals surface area contributed by atoms with Crippen molar-refractivity contribution in [3.05, 3.63) is 34.2 Å². The van der Waals surface area contributed by atoms with Gasteiger partial charge in [-0.1, -0.05) is 25.3 Å². The molecule has 1 aliphatic carbocycles. The van der Waals surface area contributed by atoms with E-state index in [-0.39, 0.29) is 0 Å². The van der Waals surface area contributed by atoms with Gasteiger partial charge in [0.2, 0.25) is 0 Å². The second-order valence-electron chi connectivity index (χ2n) is 5.48. The highest BCUT2D eigenvalue weighted by Gasteiger charge is 2.19.